The number of carbonyl (C=O) groups excluding carboxylic acids is 1. The Morgan fingerprint density at radius 2 is 1.79 bits per heavy atom. The Morgan fingerprint density at radius 3 is 2.43 bits per heavy atom. The SMILES string of the molecule is C[C@H](C(=O)NCc1ccc(Cl)cc1)N(c1ccc2c(c1)OCCO2)S(C)(=O)=O. The average molecular weight is 425 g/mol. The highest BCUT2D eigenvalue weighted by molar-refractivity contribution is 7.92. The number of rotatable bonds is 6. The minimum Gasteiger partial charge on any atom is -0.486 e. The molecule has 2 aromatic rings. The van der Waals surface area contributed by atoms with Crippen LogP contribution in [0.5, 0.6) is 11.5 Å². The van der Waals surface area contributed by atoms with E-state index in [1.165, 1.54) is 6.92 Å². The third kappa shape index (κ3) is 4.69. The third-order valence-corrected chi connectivity index (χ3v) is 5.74. The van der Waals surface area contributed by atoms with Crippen molar-refractivity contribution in [3.8, 4) is 11.5 Å². The van der Waals surface area contributed by atoms with E-state index in [2.05, 4.69) is 5.32 Å². The Labute approximate surface area is 169 Å². The highest BCUT2D eigenvalue weighted by atomic mass is 35.5. The Bertz CT molecular complexity index is 963. The summed E-state index contributed by atoms with van der Waals surface area (Å²) in [7, 11) is -3.72. The first-order valence-electron chi connectivity index (χ1n) is 8.67. The molecule has 0 fully saturated rings. The van der Waals surface area contributed by atoms with E-state index in [0.29, 0.717) is 35.4 Å². The normalized spacial score (nSPS) is 14.2. The minimum atomic E-state index is -3.72. The molecule has 150 valence electrons. The first-order valence-corrected chi connectivity index (χ1v) is 10.9. The number of carbonyl (C=O) groups is 1. The number of fused-ring (bicyclic) bond motifs is 1. The van der Waals surface area contributed by atoms with Crippen molar-refractivity contribution in [1.82, 2.24) is 5.32 Å². The molecule has 1 amide bonds. The first-order chi connectivity index (χ1) is 13.3. The zero-order chi connectivity index (χ0) is 20.3. The summed E-state index contributed by atoms with van der Waals surface area (Å²) in [4.78, 5) is 12.6. The lowest BCUT2D eigenvalue weighted by Gasteiger charge is -2.29. The lowest BCUT2D eigenvalue weighted by molar-refractivity contribution is -0.122. The number of benzene rings is 2. The van der Waals surface area contributed by atoms with Gasteiger partial charge in [-0.1, -0.05) is 23.7 Å². The number of halogens is 1. The fraction of sp³-hybridized carbons (Fsp3) is 0.316. The fourth-order valence-corrected chi connectivity index (χ4v) is 4.21. The molecule has 28 heavy (non-hydrogen) atoms. The van der Waals surface area contributed by atoms with Crippen LogP contribution in [0.3, 0.4) is 0 Å². The Hall–Kier alpha value is -2.45. The molecule has 0 aromatic heterocycles. The van der Waals surface area contributed by atoms with Gasteiger partial charge in [-0.05, 0) is 36.8 Å². The largest absolute Gasteiger partial charge is 0.486 e. The molecule has 0 saturated carbocycles. The van der Waals surface area contributed by atoms with E-state index >= 15 is 0 Å². The Morgan fingerprint density at radius 1 is 1.14 bits per heavy atom. The van der Waals surface area contributed by atoms with E-state index in [0.717, 1.165) is 16.1 Å². The van der Waals surface area contributed by atoms with Crippen LogP contribution in [0.25, 0.3) is 0 Å². The fourth-order valence-electron chi connectivity index (χ4n) is 2.92. The molecule has 7 nitrogen and oxygen atoms in total. The summed E-state index contributed by atoms with van der Waals surface area (Å²) in [5.74, 6) is 0.574. The van der Waals surface area contributed by atoms with Gasteiger partial charge in [-0.3, -0.25) is 9.10 Å². The summed E-state index contributed by atoms with van der Waals surface area (Å²) in [5, 5.41) is 3.36. The third-order valence-electron chi connectivity index (χ3n) is 4.25. The predicted molar refractivity (Wildman–Crippen MR) is 108 cm³/mol. The number of anilines is 1. The summed E-state index contributed by atoms with van der Waals surface area (Å²) in [6.07, 6.45) is 1.06. The smallest absolute Gasteiger partial charge is 0.243 e. The van der Waals surface area contributed by atoms with E-state index in [1.807, 2.05) is 0 Å². The standard InChI is InChI=1S/C19H21ClN2O5S/c1-13(19(23)21-12-14-3-5-15(20)6-4-14)22(28(2,24)25)16-7-8-17-18(11-16)27-10-9-26-17/h3-8,11,13H,9-10,12H2,1-2H3,(H,21,23)/t13-/m1/s1. The van der Waals surface area contributed by atoms with Gasteiger partial charge < -0.3 is 14.8 Å². The molecule has 0 spiro atoms. The molecule has 1 heterocycles. The molecule has 0 aliphatic carbocycles. The van der Waals surface area contributed by atoms with Gasteiger partial charge in [-0.2, -0.15) is 0 Å². The quantitative estimate of drug-likeness (QED) is 0.770. The van der Waals surface area contributed by atoms with Crippen molar-refractivity contribution >= 4 is 33.2 Å². The van der Waals surface area contributed by atoms with E-state index < -0.39 is 22.0 Å². The van der Waals surface area contributed by atoms with Crippen LogP contribution in [0.15, 0.2) is 42.5 Å². The van der Waals surface area contributed by atoms with Crippen molar-refractivity contribution in [2.75, 3.05) is 23.8 Å². The van der Waals surface area contributed by atoms with Gasteiger partial charge in [0, 0.05) is 17.6 Å². The molecule has 0 radical (unpaired) electrons. The number of hydrogen-bond donors (Lipinski definition) is 1. The second-order valence-corrected chi connectivity index (χ2v) is 8.70. The van der Waals surface area contributed by atoms with Crippen molar-refractivity contribution in [2.24, 2.45) is 0 Å². The highest BCUT2D eigenvalue weighted by Crippen LogP contribution is 2.35. The zero-order valence-electron chi connectivity index (χ0n) is 15.5. The number of nitrogens with one attached hydrogen (secondary N) is 1. The number of hydrogen-bond acceptors (Lipinski definition) is 5. The molecule has 1 N–H and O–H groups in total. The maximum absolute atomic E-state index is 12.6. The van der Waals surface area contributed by atoms with Crippen molar-refractivity contribution in [2.45, 2.75) is 19.5 Å². The summed E-state index contributed by atoms with van der Waals surface area (Å²) >= 11 is 5.86. The summed E-state index contributed by atoms with van der Waals surface area (Å²) in [6, 6.07) is 10.9. The van der Waals surface area contributed by atoms with E-state index in [4.69, 9.17) is 21.1 Å². The number of nitrogens with zero attached hydrogens (tertiary/aromatic N) is 1. The van der Waals surface area contributed by atoms with Crippen molar-refractivity contribution < 1.29 is 22.7 Å². The van der Waals surface area contributed by atoms with Crippen LogP contribution >= 0.6 is 11.6 Å². The van der Waals surface area contributed by atoms with Crippen LogP contribution in [0.1, 0.15) is 12.5 Å². The predicted octanol–water partition coefficient (Wildman–Crippen LogP) is 2.58. The summed E-state index contributed by atoms with van der Waals surface area (Å²) in [6.45, 7) is 2.62. The van der Waals surface area contributed by atoms with Crippen molar-refractivity contribution in [3.63, 3.8) is 0 Å². The maximum atomic E-state index is 12.6. The van der Waals surface area contributed by atoms with Gasteiger partial charge in [-0.25, -0.2) is 8.42 Å². The first kappa shape index (κ1) is 20.3. The molecule has 1 aliphatic rings. The molecule has 0 unspecified atom stereocenters. The maximum Gasteiger partial charge on any atom is 0.243 e. The van der Waals surface area contributed by atoms with E-state index in [9.17, 15) is 13.2 Å². The van der Waals surface area contributed by atoms with Gasteiger partial charge >= 0.3 is 0 Å². The lowest BCUT2D eigenvalue weighted by atomic mass is 10.2. The second kappa shape index (κ2) is 8.28. The van der Waals surface area contributed by atoms with Crippen molar-refractivity contribution in [1.29, 1.82) is 0 Å². The van der Waals surface area contributed by atoms with E-state index in [1.54, 1.807) is 42.5 Å². The van der Waals surface area contributed by atoms with Gasteiger partial charge in [-0.15, -0.1) is 0 Å². The second-order valence-electron chi connectivity index (χ2n) is 6.41. The van der Waals surface area contributed by atoms with Gasteiger partial charge in [0.05, 0.1) is 11.9 Å². The Kier molecular flexibility index (Phi) is 6.00. The number of ether oxygens (including phenoxy) is 2. The van der Waals surface area contributed by atoms with Crippen LogP contribution < -0.4 is 19.1 Å². The van der Waals surface area contributed by atoms with E-state index in [-0.39, 0.29) is 6.54 Å². The molecule has 3 rings (SSSR count). The van der Waals surface area contributed by atoms with Crippen LogP contribution in [-0.2, 0) is 21.4 Å². The zero-order valence-corrected chi connectivity index (χ0v) is 17.1. The molecule has 1 aliphatic heterocycles. The highest BCUT2D eigenvalue weighted by Gasteiger charge is 2.30. The topological polar surface area (TPSA) is 84.9 Å². The van der Waals surface area contributed by atoms with Crippen LogP contribution in [0.4, 0.5) is 5.69 Å². The molecule has 2 aromatic carbocycles. The molecule has 9 heteroatoms. The molecule has 0 saturated heterocycles. The minimum absolute atomic E-state index is 0.263. The monoisotopic (exact) mass is 424 g/mol. The van der Waals surface area contributed by atoms with Crippen LogP contribution in [0.2, 0.25) is 5.02 Å². The average Bonchev–Trinajstić information content (AvgIpc) is 2.66. The summed E-state index contributed by atoms with van der Waals surface area (Å²) < 4.78 is 36.9. The van der Waals surface area contributed by atoms with Gasteiger partial charge in [0.2, 0.25) is 15.9 Å². The van der Waals surface area contributed by atoms with Crippen molar-refractivity contribution in [3.05, 3.63) is 53.1 Å². The molecular formula is C19H21ClN2O5S. The summed E-state index contributed by atoms with van der Waals surface area (Å²) in [5.41, 5.74) is 1.19. The van der Waals surface area contributed by atoms with Gasteiger partial charge in [0.25, 0.3) is 0 Å². The molecule has 1 atom stereocenters. The van der Waals surface area contributed by atoms with Gasteiger partial charge in [0.1, 0.15) is 19.3 Å². The lowest BCUT2D eigenvalue weighted by Crippen LogP contribution is -2.47. The Balaban J connectivity index is 1.79. The molecular weight excluding hydrogens is 404 g/mol. The number of sulfonamides is 1. The molecule has 0 bridgehead atoms. The van der Waals surface area contributed by atoms with Crippen LogP contribution in [-0.4, -0.2) is 39.8 Å². The van der Waals surface area contributed by atoms with Gasteiger partial charge in [0.15, 0.2) is 11.5 Å². The number of amides is 1. The van der Waals surface area contributed by atoms with Crippen LogP contribution in [0, 0.1) is 0 Å².